The van der Waals surface area contributed by atoms with Crippen LogP contribution in [0.3, 0.4) is 0 Å². The highest BCUT2D eigenvalue weighted by Gasteiger charge is 2.23. The molecule has 3 heterocycles. The van der Waals surface area contributed by atoms with Gasteiger partial charge < -0.3 is 13.9 Å². The molecule has 0 unspecified atom stereocenters. The number of thioether (sulfide) groups is 1. The lowest BCUT2D eigenvalue weighted by Gasteiger charge is -2.17. The lowest BCUT2D eigenvalue weighted by Crippen LogP contribution is -2.35. The summed E-state index contributed by atoms with van der Waals surface area (Å²) in [5.41, 5.74) is 2.06. The molecule has 0 atom stereocenters. The molecule has 15 heteroatoms. The maximum absolute atomic E-state index is 11.8. The van der Waals surface area contributed by atoms with Gasteiger partial charge in [0.15, 0.2) is 5.76 Å². The van der Waals surface area contributed by atoms with Crippen molar-refractivity contribution >= 4 is 31.9 Å². The Hall–Kier alpha value is -3.50. The first kappa shape index (κ1) is 29.5. The number of aromatic nitrogens is 3. The van der Waals surface area contributed by atoms with E-state index < -0.39 is 20.1 Å². The molecule has 12 nitrogen and oxygen atoms in total. The Labute approximate surface area is 236 Å². The number of benzene rings is 1. The Morgan fingerprint density at radius 1 is 0.950 bits per heavy atom. The van der Waals surface area contributed by atoms with Crippen LogP contribution in [0.15, 0.2) is 76.4 Å². The third-order valence-electron chi connectivity index (χ3n) is 5.12. The zero-order chi connectivity index (χ0) is 28.8. The van der Waals surface area contributed by atoms with E-state index >= 15 is 0 Å². The Morgan fingerprint density at radius 2 is 1.70 bits per heavy atom. The fraction of sp³-hybridized carbons (Fsp3) is 0.240. The summed E-state index contributed by atoms with van der Waals surface area (Å²) in [4.78, 5) is 13.3. The lowest BCUT2D eigenvalue weighted by atomic mass is 10.1. The number of ether oxygens (including phenoxy) is 2. The molecule has 0 saturated carbocycles. The molecule has 0 radical (unpaired) electrons. The van der Waals surface area contributed by atoms with Gasteiger partial charge in [0.1, 0.15) is 18.1 Å². The van der Waals surface area contributed by atoms with Crippen molar-refractivity contribution in [3.8, 4) is 34.2 Å². The summed E-state index contributed by atoms with van der Waals surface area (Å²) in [7, 11) is -6.43. The van der Waals surface area contributed by atoms with Crippen LogP contribution in [0.2, 0.25) is 0 Å². The Morgan fingerprint density at radius 3 is 2.30 bits per heavy atom. The number of hydroxylamine groups is 1. The maximum Gasteiger partial charge on any atom is 0.281 e. The van der Waals surface area contributed by atoms with Crippen molar-refractivity contribution in [2.75, 3.05) is 32.8 Å². The maximum atomic E-state index is 11.8. The molecule has 0 bridgehead atoms. The molecule has 0 aliphatic carbocycles. The molecule has 0 amide bonds. The van der Waals surface area contributed by atoms with E-state index in [4.69, 9.17) is 18.9 Å². The first-order chi connectivity index (χ1) is 19.0. The summed E-state index contributed by atoms with van der Waals surface area (Å²) in [6.07, 6.45) is 4.97. The van der Waals surface area contributed by atoms with Gasteiger partial charge >= 0.3 is 0 Å². The van der Waals surface area contributed by atoms with Crippen molar-refractivity contribution in [1.82, 2.24) is 19.4 Å². The van der Waals surface area contributed by atoms with Crippen molar-refractivity contribution in [2.24, 2.45) is 0 Å². The molecular formula is C25H26N4O8S3. The minimum absolute atomic E-state index is 0.151. The number of nitrogens with zero attached hydrogens (tertiary/aromatic N) is 4. The van der Waals surface area contributed by atoms with E-state index in [2.05, 4.69) is 14.3 Å². The molecule has 0 spiro atoms. The summed E-state index contributed by atoms with van der Waals surface area (Å²) in [6.45, 7) is -0.483. The summed E-state index contributed by atoms with van der Waals surface area (Å²) in [5.74, 6) is 2.39. The number of hydrogen-bond donors (Lipinski definition) is 0. The average Bonchev–Trinajstić information content (AvgIpc) is 3.35. The van der Waals surface area contributed by atoms with Crippen molar-refractivity contribution in [3.05, 3.63) is 72.9 Å². The molecule has 4 aromatic rings. The first-order valence-electron chi connectivity index (χ1n) is 11.7. The molecular weight excluding hydrogens is 580 g/mol. The van der Waals surface area contributed by atoms with Crippen LogP contribution in [0.5, 0.6) is 11.6 Å². The molecule has 0 saturated heterocycles. The predicted octanol–water partition coefficient (Wildman–Crippen LogP) is 3.63. The number of pyridine rings is 2. The molecule has 40 heavy (non-hydrogen) atoms. The van der Waals surface area contributed by atoms with Gasteiger partial charge in [-0.1, -0.05) is 22.3 Å². The summed E-state index contributed by atoms with van der Waals surface area (Å²) in [5, 5.41) is 0.841. The van der Waals surface area contributed by atoms with E-state index in [0.29, 0.717) is 39.2 Å². The second-order valence-corrected chi connectivity index (χ2v) is 12.7. The van der Waals surface area contributed by atoms with Crippen molar-refractivity contribution < 1.29 is 35.0 Å². The van der Waals surface area contributed by atoms with Crippen LogP contribution in [0.25, 0.3) is 22.6 Å². The standard InChI is InChI=1S/C25H26N4O8S3/c1-34-21-12-9-19(16-27-21)24-25(36-22(28-24)17-38-23-6-4-5-13-26-23)18-7-10-20(11-8-18)35-15-14-29(39(2,30)31)37-40(3,32)33/h4-13,16H,14-15,17H2,1-3H3. The predicted molar refractivity (Wildman–Crippen MR) is 148 cm³/mol. The van der Waals surface area contributed by atoms with E-state index in [1.54, 1.807) is 42.7 Å². The van der Waals surface area contributed by atoms with Gasteiger partial charge in [-0.25, -0.2) is 23.4 Å². The summed E-state index contributed by atoms with van der Waals surface area (Å²) >= 11 is 1.49. The van der Waals surface area contributed by atoms with Gasteiger partial charge in [-0.15, -0.1) is 0 Å². The van der Waals surface area contributed by atoms with E-state index in [1.165, 1.54) is 18.9 Å². The zero-order valence-corrected chi connectivity index (χ0v) is 24.2. The number of hydrogen-bond acceptors (Lipinski definition) is 12. The minimum atomic E-state index is -4.03. The third-order valence-corrected chi connectivity index (χ3v) is 7.59. The SMILES string of the molecule is COc1ccc(-c2nc(CSc3ccccn3)oc2-c2ccc(OCCN(OS(C)(=O)=O)S(C)(=O)=O)cc2)cn1. The lowest BCUT2D eigenvalue weighted by molar-refractivity contribution is 0.0345. The van der Waals surface area contributed by atoms with Crippen LogP contribution in [-0.4, -0.2) is 69.0 Å². The van der Waals surface area contributed by atoms with Gasteiger partial charge in [0.25, 0.3) is 10.1 Å². The monoisotopic (exact) mass is 606 g/mol. The highest BCUT2D eigenvalue weighted by molar-refractivity contribution is 7.98. The zero-order valence-electron chi connectivity index (χ0n) is 21.8. The van der Waals surface area contributed by atoms with Gasteiger partial charge in [-0.2, -0.15) is 12.7 Å². The van der Waals surface area contributed by atoms with Gasteiger partial charge in [0, 0.05) is 29.6 Å². The minimum Gasteiger partial charge on any atom is -0.492 e. The highest BCUT2D eigenvalue weighted by atomic mass is 32.2. The van der Waals surface area contributed by atoms with E-state index in [9.17, 15) is 16.8 Å². The first-order valence-corrected chi connectivity index (χ1v) is 16.3. The van der Waals surface area contributed by atoms with Crippen LogP contribution in [0.1, 0.15) is 5.89 Å². The van der Waals surface area contributed by atoms with Gasteiger partial charge in [-0.05, 0) is 42.5 Å². The molecule has 0 aliphatic heterocycles. The number of rotatable bonds is 13. The third kappa shape index (κ3) is 8.25. The van der Waals surface area contributed by atoms with E-state index in [1.807, 2.05) is 24.3 Å². The van der Waals surface area contributed by atoms with Crippen LogP contribution in [-0.2, 0) is 30.2 Å². The highest BCUT2D eigenvalue weighted by Crippen LogP contribution is 2.35. The largest absolute Gasteiger partial charge is 0.492 e. The fourth-order valence-electron chi connectivity index (χ4n) is 3.38. The Balaban J connectivity index is 1.52. The van der Waals surface area contributed by atoms with Crippen molar-refractivity contribution in [2.45, 2.75) is 10.8 Å². The fourth-order valence-corrected chi connectivity index (χ4v) is 5.64. The second kappa shape index (κ2) is 12.8. The van der Waals surface area contributed by atoms with Crippen LogP contribution < -0.4 is 9.47 Å². The molecule has 1 aromatic carbocycles. The van der Waals surface area contributed by atoms with E-state index in [-0.39, 0.29) is 13.2 Å². The quantitative estimate of drug-likeness (QED) is 0.161. The smallest absolute Gasteiger partial charge is 0.281 e. The Bertz CT molecular complexity index is 1630. The number of methoxy groups -OCH3 is 1. The summed E-state index contributed by atoms with van der Waals surface area (Å²) < 4.78 is 68.2. The number of oxazole rings is 1. The van der Waals surface area contributed by atoms with Crippen LogP contribution >= 0.6 is 11.8 Å². The summed E-state index contributed by atoms with van der Waals surface area (Å²) in [6, 6.07) is 16.1. The molecule has 4 rings (SSSR count). The second-order valence-electron chi connectivity index (χ2n) is 8.27. The normalized spacial score (nSPS) is 12.0. The van der Waals surface area contributed by atoms with Crippen molar-refractivity contribution in [3.63, 3.8) is 0 Å². The topological polar surface area (TPSA) is 151 Å². The molecule has 0 N–H and O–H groups in total. The molecule has 3 aromatic heterocycles. The van der Waals surface area contributed by atoms with Gasteiger partial charge in [0.2, 0.25) is 21.8 Å². The molecule has 0 aliphatic rings. The van der Waals surface area contributed by atoms with Crippen LogP contribution in [0.4, 0.5) is 0 Å². The van der Waals surface area contributed by atoms with Crippen molar-refractivity contribution in [1.29, 1.82) is 0 Å². The number of sulfonamides is 1. The van der Waals surface area contributed by atoms with E-state index in [0.717, 1.165) is 28.7 Å². The van der Waals surface area contributed by atoms with Crippen LogP contribution in [0, 0.1) is 0 Å². The molecule has 0 fully saturated rings. The Kier molecular flexibility index (Phi) is 9.42. The average molecular weight is 607 g/mol. The van der Waals surface area contributed by atoms with Gasteiger partial charge in [-0.3, -0.25) is 0 Å². The molecule has 212 valence electrons. The van der Waals surface area contributed by atoms with Gasteiger partial charge in [0.05, 0.1) is 36.9 Å².